The Kier molecular flexibility index (Phi) is 4.96. The fourth-order valence-corrected chi connectivity index (χ4v) is 5.57. The maximum Gasteiger partial charge on any atom is 0.136 e. The largest absolute Gasteiger partial charge is 0.308 e. The van der Waals surface area contributed by atoms with E-state index >= 15 is 0 Å². The first kappa shape index (κ1) is 20.1. The van der Waals surface area contributed by atoms with Crippen LogP contribution in [0.1, 0.15) is 41.6 Å². The molecule has 0 saturated carbocycles. The molecule has 2 unspecified atom stereocenters. The number of hydrogen-bond acceptors (Lipinski definition) is 3. The molecule has 0 bridgehead atoms. The summed E-state index contributed by atoms with van der Waals surface area (Å²) >= 11 is 0. The Labute approximate surface area is 194 Å². The summed E-state index contributed by atoms with van der Waals surface area (Å²) in [5.74, 6) is 1.30. The van der Waals surface area contributed by atoms with Gasteiger partial charge >= 0.3 is 0 Å². The zero-order chi connectivity index (χ0) is 22.4. The zero-order valence-electron chi connectivity index (χ0n) is 19.1. The van der Waals surface area contributed by atoms with Crippen LogP contribution >= 0.6 is 0 Å². The highest BCUT2D eigenvalue weighted by molar-refractivity contribution is 6.05. The molecule has 0 radical (unpaired) electrons. The lowest BCUT2D eigenvalue weighted by atomic mass is 9.79. The number of aromatic nitrogens is 3. The van der Waals surface area contributed by atoms with Crippen LogP contribution in [0.15, 0.2) is 85.3 Å². The van der Waals surface area contributed by atoms with E-state index in [1.54, 1.807) is 0 Å². The molecule has 2 aromatic carbocycles. The van der Waals surface area contributed by atoms with Crippen LogP contribution in [-0.4, -0.2) is 33.5 Å². The fourth-order valence-electron chi connectivity index (χ4n) is 5.57. The topological polar surface area (TPSA) is 34.0 Å². The van der Waals surface area contributed by atoms with Crippen molar-refractivity contribution in [3.05, 3.63) is 102 Å². The first-order valence-corrected chi connectivity index (χ1v) is 11.8. The van der Waals surface area contributed by atoms with Crippen LogP contribution in [0.5, 0.6) is 0 Å². The molecule has 33 heavy (non-hydrogen) atoms. The summed E-state index contributed by atoms with van der Waals surface area (Å²) in [4.78, 5) is 12.2. The summed E-state index contributed by atoms with van der Waals surface area (Å²) in [7, 11) is 4.38. The van der Waals surface area contributed by atoms with Gasteiger partial charge in [-0.3, -0.25) is 4.98 Å². The van der Waals surface area contributed by atoms with Crippen molar-refractivity contribution >= 4 is 21.7 Å². The van der Waals surface area contributed by atoms with Crippen molar-refractivity contribution in [3.63, 3.8) is 0 Å². The van der Waals surface area contributed by atoms with Crippen LogP contribution in [0.2, 0.25) is 0 Å². The van der Waals surface area contributed by atoms with Crippen molar-refractivity contribution in [1.82, 2.24) is 19.4 Å². The minimum Gasteiger partial charge on any atom is -0.308 e. The van der Waals surface area contributed by atoms with Crippen molar-refractivity contribution in [3.8, 4) is 5.82 Å². The lowest BCUT2D eigenvalue weighted by Crippen LogP contribution is -2.29. The predicted molar refractivity (Wildman–Crippen MR) is 135 cm³/mol. The van der Waals surface area contributed by atoms with E-state index in [1.165, 1.54) is 39.4 Å². The van der Waals surface area contributed by atoms with Gasteiger partial charge in [0.1, 0.15) is 5.82 Å². The summed E-state index contributed by atoms with van der Waals surface area (Å²) in [5, 5.41) is 3.74. The molecule has 1 aliphatic rings. The van der Waals surface area contributed by atoms with Gasteiger partial charge in [0.2, 0.25) is 0 Å². The van der Waals surface area contributed by atoms with Crippen molar-refractivity contribution < 1.29 is 0 Å². The Balaban J connectivity index is 1.47. The minimum atomic E-state index is 0.258. The van der Waals surface area contributed by atoms with Gasteiger partial charge in [0.05, 0.1) is 5.52 Å². The summed E-state index contributed by atoms with van der Waals surface area (Å²) in [6.07, 6.45) is 9.65. The first-order chi connectivity index (χ1) is 16.2. The highest BCUT2D eigenvalue weighted by Gasteiger charge is 2.32. The van der Waals surface area contributed by atoms with E-state index in [9.17, 15) is 0 Å². The molecular weight excluding hydrogens is 404 g/mol. The number of rotatable bonds is 4. The molecule has 0 amide bonds. The Morgan fingerprint density at radius 2 is 1.82 bits per heavy atom. The van der Waals surface area contributed by atoms with Crippen molar-refractivity contribution in [1.29, 1.82) is 0 Å². The molecule has 4 heteroatoms. The number of fused-ring (bicyclic) bond motifs is 4. The highest BCUT2D eigenvalue weighted by Crippen LogP contribution is 2.43. The standard InChI is InChI=1S/C29H28N4/c1-32(2)29(23-15-17-33(19-23)26-12-5-6-16-30-26)25-11-7-9-21-18-22-14-13-20-8-3-4-10-24(20)27(22)31-28(21)25/h3-6,8,10,12-19,25,29H,7,9,11H2,1-2H3. The quantitative estimate of drug-likeness (QED) is 0.313. The molecule has 5 aromatic rings. The SMILES string of the molecule is CN(C)C(c1ccn(-c2ccccn2)c1)C1CCCc2cc3ccc4ccccc4c3nc21. The van der Waals surface area contributed by atoms with Crippen LogP contribution in [0.4, 0.5) is 0 Å². The highest BCUT2D eigenvalue weighted by atomic mass is 15.1. The fraction of sp³-hybridized carbons (Fsp3) is 0.241. The van der Waals surface area contributed by atoms with Gasteiger partial charge < -0.3 is 9.47 Å². The summed E-state index contributed by atoms with van der Waals surface area (Å²) in [6, 6.07) is 24.0. The normalized spacial score (nSPS) is 16.9. The van der Waals surface area contributed by atoms with Crippen LogP contribution in [-0.2, 0) is 6.42 Å². The summed E-state index contributed by atoms with van der Waals surface area (Å²) in [6.45, 7) is 0. The van der Waals surface area contributed by atoms with Gasteiger partial charge in [-0.25, -0.2) is 4.98 Å². The van der Waals surface area contributed by atoms with Crippen LogP contribution in [0.25, 0.3) is 27.5 Å². The second kappa shape index (κ2) is 8.13. The first-order valence-electron chi connectivity index (χ1n) is 11.8. The molecule has 6 rings (SSSR count). The number of benzene rings is 2. The maximum atomic E-state index is 5.37. The van der Waals surface area contributed by atoms with Crippen LogP contribution in [0.3, 0.4) is 0 Å². The Hall–Kier alpha value is -3.50. The van der Waals surface area contributed by atoms with E-state index in [-0.39, 0.29) is 6.04 Å². The molecule has 0 saturated heterocycles. The molecule has 3 heterocycles. The third-order valence-electron chi connectivity index (χ3n) is 7.04. The van der Waals surface area contributed by atoms with Crippen LogP contribution in [0, 0.1) is 0 Å². The van der Waals surface area contributed by atoms with Crippen LogP contribution < -0.4 is 0 Å². The van der Waals surface area contributed by atoms with Gasteiger partial charge in [0.15, 0.2) is 0 Å². The van der Waals surface area contributed by atoms with E-state index < -0.39 is 0 Å². The lowest BCUT2D eigenvalue weighted by Gasteiger charge is -2.35. The average Bonchev–Trinajstić information content (AvgIpc) is 3.33. The van der Waals surface area contributed by atoms with E-state index in [1.807, 2.05) is 24.4 Å². The molecule has 0 aliphatic heterocycles. The Morgan fingerprint density at radius 1 is 0.970 bits per heavy atom. The average molecular weight is 433 g/mol. The van der Waals surface area contributed by atoms with Crippen molar-refractivity contribution in [2.24, 2.45) is 0 Å². The minimum absolute atomic E-state index is 0.258. The summed E-state index contributed by atoms with van der Waals surface area (Å²) in [5.41, 5.74) is 5.12. The second-order valence-electron chi connectivity index (χ2n) is 9.34. The van der Waals surface area contributed by atoms with Gasteiger partial charge in [-0.15, -0.1) is 0 Å². The zero-order valence-corrected chi connectivity index (χ0v) is 19.1. The lowest BCUT2D eigenvalue weighted by molar-refractivity contribution is 0.239. The third kappa shape index (κ3) is 3.51. The van der Waals surface area contributed by atoms with E-state index in [2.05, 4.69) is 89.5 Å². The smallest absolute Gasteiger partial charge is 0.136 e. The van der Waals surface area contributed by atoms with Crippen molar-refractivity contribution in [2.45, 2.75) is 31.2 Å². The molecular formula is C29H28N4. The van der Waals surface area contributed by atoms with Crippen molar-refractivity contribution in [2.75, 3.05) is 14.1 Å². The van der Waals surface area contributed by atoms with E-state index in [0.717, 1.165) is 24.2 Å². The monoisotopic (exact) mass is 432 g/mol. The second-order valence-corrected chi connectivity index (χ2v) is 9.34. The van der Waals surface area contributed by atoms with Gasteiger partial charge in [-0.05, 0) is 74.1 Å². The number of aryl methyl sites for hydroxylation is 1. The number of pyridine rings is 2. The molecule has 3 aromatic heterocycles. The molecule has 4 nitrogen and oxygen atoms in total. The molecule has 0 fully saturated rings. The Morgan fingerprint density at radius 3 is 2.67 bits per heavy atom. The molecule has 0 N–H and O–H groups in total. The maximum absolute atomic E-state index is 5.37. The molecule has 164 valence electrons. The van der Waals surface area contributed by atoms with E-state index in [4.69, 9.17) is 4.98 Å². The van der Waals surface area contributed by atoms with Gasteiger partial charge in [-0.2, -0.15) is 0 Å². The van der Waals surface area contributed by atoms with Gasteiger partial charge in [-0.1, -0.05) is 42.5 Å². The number of nitrogens with zero attached hydrogens (tertiary/aromatic N) is 4. The van der Waals surface area contributed by atoms with Gasteiger partial charge in [0, 0.05) is 47.0 Å². The Bertz CT molecular complexity index is 1430. The summed E-state index contributed by atoms with van der Waals surface area (Å²) < 4.78 is 2.12. The number of hydrogen-bond donors (Lipinski definition) is 0. The molecule has 0 spiro atoms. The number of likely N-dealkylation sites (N-methyl/N-ethyl adjacent to an activating group) is 1. The third-order valence-corrected chi connectivity index (χ3v) is 7.04. The van der Waals surface area contributed by atoms with E-state index in [0.29, 0.717) is 5.92 Å². The molecule has 2 atom stereocenters. The van der Waals surface area contributed by atoms with Gasteiger partial charge in [0.25, 0.3) is 0 Å². The molecule has 1 aliphatic carbocycles. The predicted octanol–water partition coefficient (Wildman–Crippen LogP) is 6.30.